The van der Waals surface area contributed by atoms with Crippen molar-refractivity contribution in [2.24, 2.45) is 5.92 Å². The summed E-state index contributed by atoms with van der Waals surface area (Å²) in [7, 11) is 1.41. The molecule has 0 aliphatic rings. The van der Waals surface area contributed by atoms with Gasteiger partial charge in [0.05, 0.1) is 7.11 Å². The number of benzene rings is 1. The van der Waals surface area contributed by atoms with Gasteiger partial charge in [0.1, 0.15) is 5.75 Å². The summed E-state index contributed by atoms with van der Waals surface area (Å²) in [5.41, 5.74) is 0.451. The van der Waals surface area contributed by atoms with E-state index in [1.54, 1.807) is 0 Å². The van der Waals surface area contributed by atoms with Crippen LogP contribution in [0.1, 0.15) is 12.0 Å². The summed E-state index contributed by atoms with van der Waals surface area (Å²) in [4.78, 5) is 11.3. The number of rotatable bonds is 5. The van der Waals surface area contributed by atoms with Gasteiger partial charge in [-0.25, -0.2) is 0 Å². The van der Waals surface area contributed by atoms with E-state index >= 15 is 0 Å². The second kappa shape index (κ2) is 6.36. The van der Waals surface area contributed by atoms with E-state index in [9.17, 15) is 31.1 Å². The Morgan fingerprint density at radius 2 is 1.52 bits per heavy atom. The molecule has 0 aliphatic heterocycles. The Balaban J connectivity index is 2.74. The van der Waals surface area contributed by atoms with Crippen LogP contribution in [0.5, 0.6) is 5.75 Å². The molecule has 0 amide bonds. The summed E-state index contributed by atoms with van der Waals surface area (Å²) in [6.07, 6.45) is -12.3. The highest BCUT2D eigenvalue weighted by atomic mass is 19.4. The van der Waals surface area contributed by atoms with Crippen molar-refractivity contribution in [3.63, 3.8) is 0 Å². The predicted molar refractivity (Wildman–Crippen MR) is 61.9 cm³/mol. The fraction of sp³-hybridized carbons (Fsp3) is 0.462. The summed E-state index contributed by atoms with van der Waals surface area (Å²) < 4.78 is 78.9. The summed E-state index contributed by atoms with van der Waals surface area (Å²) in [6.45, 7) is 0. The first-order chi connectivity index (χ1) is 9.55. The van der Waals surface area contributed by atoms with Crippen LogP contribution >= 0.6 is 0 Å². The molecule has 1 aromatic carbocycles. The first kappa shape index (κ1) is 17.3. The van der Waals surface area contributed by atoms with E-state index in [0.29, 0.717) is 11.3 Å². The maximum Gasteiger partial charge on any atom is 0.407 e. The number of alkyl halides is 6. The molecule has 0 fully saturated rings. The van der Waals surface area contributed by atoms with E-state index in [-0.39, 0.29) is 6.42 Å². The van der Waals surface area contributed by atoms with Crippen molar-refractivity contribution in [2.75, 3.05) is 7.11 Å². The monoisotopic (exact) mass is 314 g/mol. The Morgan fingerprint density at radius 1 is 1.05 bits per heavy atom. The highest BCUT2D eigenvalue weighted by Crippen LogP contribution is 2.40. The number of carbonyl (C=O) groups excluding carboxylic acids is 1. The number of aryl methyl sites for hydroxylation is 1. The van der Waals surface area contributed by atoms with Crippen LogP contribution in [0, 0.1) is 5.92 Å². The molecule has 21 heavy (non-hydrogen) atoms. The summed E-state index contributed by atoms with van der Waals surface area (Å²) >= 11 is 0. The number of hydrogen-bond acceptors (Lipinski definition) is 2. The van der Waals surface area contributed by atoms with Gasteiger partial charge in [0.15, 0.2) is 5.78 Å². The fourth-order valence-corrected chi connectivity index (χ4v) is 1.75. The van der Waals surface area contributed by atoms with Crippen LogP contribution in [0.2, 0.25) is 0 Å². The van der Waals surface area contributed by atoms with E-state index in [1.165, 1.54) is 31.4 Å². The van der Waals surface area contributed by atoms with Gasteiger partial charge in [-0.1, -0.05) is 12.1 Å². The lowest BCUT2D eigenvalue weighted by Crippen LogP contribution is -2.42. The Kier molecular flexibility index (Phi) is 5.25. The number of carbonyl (C=O) groups is 1. The van der Waals surface area contributed by atoms with Crippen molar-refractivity contribution < 1.29 is 35.9 Å². The average molecular weight is 314 g/mol. The van der Waals surface area contributed by atoms with Crippen LogP contribution in [0.3, 0.4) is 0 Å². The third-order valence-corrected chi connectivity index (χ3v) is 2.80. The van der Waals surface area contributed by atoms with E-state index in [1.807, 2.05) is 0 Å². The number of ether oxygens (including phenoxy) is 1. The molecule has 1 rings (SSSR count). The minimum atomic E-state index is -5.63. The zero-order valence-electron chi connectivity index (χ0n) is 10.9. The van der Waals surface area contributed by atoms with E-state index in [4.69, 9.17) is 4.74 Å². The molecule has 0 aliphatic carbocycles. The molecular weight excluding hydrogens is 302 g/mol. The Bertz CT molecular complexity index is 461. The smallest absolute Gasteiger partial charge is 0.407 e. The van der Waals surface area contributed by atoms with Gasteiger partial charge < -0.3 is 4.74 Å². The molecule has 0 saturated heterocycles. The Hall–Kier alpha value is -1.73. The van der Waals surface area contributed by atoms with Crippen molar-refractivity contribution in [1.29, 1.82) is 0 Å². The van der Waals surface area contributed by atoms with Gasteiger partial charge in [-0.2, -0.15) is 26.3 Å². The number of halogens is 6. The zero-order chi connectivity index (χ0) is 16.3. The highest BCUT2D eigenvalue weighted by Gasteiger charge is 2.60. The van der Waals surface area contributed by atoms with Crippen molar-refractivity contribution in [3.05, 3.63) is 29.8 Å². The number of hydrogen-bond donors (Lipinski definition) is 0. The molecule has 0 saturated carbocycles. The first-order valence-electron chi connectivity index (χ1n) is 5.84. The van der Waals surface area contributed by atoms with Crippen molar-refractivity contribution >= 4 is 5.78 Å². The molecule has 0 atom stereocenters. The van der Waals surface area contributed by atoms with Crippen LogP contribution in [-0.2, 0) is 11.2 Å². The highest BCUT2D eigenvalue weighted by molar-refractivity contribution is 5.82. The molecule has 1 aromatic rings. The number of ketones is 1. The first-order valence-corrected chi connectivity index (χ1v) is 5.84. The molecule has 0 N–H and O–H groups in total. The lowest BCUT2D eigenvalue weighted by molar-refractivity contribution is -0.273. The lowest BCUT2D eigenvalue weighted by atomic mass is 9.97. The van der Waals surface area contributed by atoms with Crippen LogP contribution in [0.15, 0.2) is 24.3 Å². The molecule has 0 spiro atoms. The fourth-order valence-electron chi connectivity index (χ4n) is 1.75. The van der Waals surface area contributed by atoms with Gasteiger partial charge in [-0.15, -0.1) is 0 Å². The van der Waals surface area contributed by atoms with E-state index < -0.39 is 30.5 Å². The minimum absolute atomic E-state index is 0.203. The second-order valence-electron chi connectivity index (χ2n) is 4.33. The number of methoxy groups -OCH3 is 1. The SMILES string of the molecule is COc1ccc(CCC(=O)C(C(F)(F)F)C(F)(F)F)cc1. The van der Waals surface area contributed by atoms with Crippen molar-refractivity contribution in [3.8, 4) is 5.75 Å². The molecule has 8 heteroatoms. The van der Waals surface area contributed by atoms with Gasteiger partial charge in [0, 0.05) is 6.42 Å². The third-order valence-electron chi connectivity index (χ3n) is 2.80. The average Bonchev–Trinajstić information content (AvgIpc) is 2.33. The maximum atomic E-state index is 12.3. The molecule has 0 unspecified atom stereocenters. The van der Waals surface area contributed by atoms with Crippen LogP contribution in [-0.4, -0.2) is 25.2 Å². The van der Waals surface area contributed by atoms with Gasteiger partial charge in [0.2, 0.25) is 5.92 Å². The van der Waals surface area contributed by atoms with E-state index in [0.717, 1.165) is 0 Å². The quantitative estimate of drug-likeness (QED) is 0.770. The molecule has 0 aromatic heterocycles. The predicted octanol–water partition coefficient (Wildman–Crippen LogP) is 3.94. The van der Waals surface area contributed by atoms with Crippen LogP contribution in [0.25, 0.3) is 0 Å². The van der Waals surface area contributed by atoms with Crippen LogP contribution in [0.4, 0.5) is 26.3 Å². The normalized spacial score (nSPS) is 12.6. The van der Waals surface area contributed by atoms with Crippen molar-refractivity contribution in [2.45, 2.75) is 25.2 Å². The Labute approximate surface area is 116 Å². The molecular formula is C13H12F6O2. The summed E-state index contributed by atoms with van der Waals surface area (Å²) in [5.74, 6) is -5.32. The maximum absolute atomic E-state index is 12.3. The lowest BCUT2D eigenvalue weighted by Gasteiger charge is -2.21. The van der Waals surface area contributed by atoms with Gasteiger partial charge in [-0.3, -0.25) is 4.79 Å². The molecule has 0 radical (unpaired) electrons. The topological polar surface area (TPSA) is 26.3 Å². The molecule has 0 heterocycles. The summed E-state index contributed by atoms with van der Waals surface area (Å²) in [5, 5.41) is 0. The Morgan fingerprint density at radius 3 is 1.90 bits per heavy atom. The van der Waals surface area contributed by atoms with Crippen molar-refractivity contribution in [1.82, 2.24) is 0 Å². The van der Waals surface area contributed by atoms with Gasteiger partial charge in [0.25, 0.3) is 0 Å². The second-order valence-corrected chi connectivity index (χ2v) is 4.33. The van der Waals surface area contributed by atoms with Crippen LogP contribution < -0.4 is 4.74 Å². The number of Topliss-reactive ketones (excluding diaryl/α,β-unsaturated/α-hetero) is 1. The van der Waals surface area contributed by atoms with Gasteiger partial charge in [-0.05, 0) is 24.1 Å². The molecule has 118 valence electrons. The molecule has 0 bridgehead atoms. The minimum Gasteiger partial charge on any atom is -0.497 e. The van der Waals surface area contributed by atoms with E-state index in [2.05, 4.69) is 0 Å². The third kappa shape index (κ3) is 4.95. The summed E-state index contributed by atoms with van der Waals surface area (Å²) in [6, 6.07) is 5.96. The zero-order valence-corrected chi connectivity index (χ0v) is 10.9. The standard InChI is InChI=1S/C13H12F6O2/c1-21-9-5-2-8(3-6-9)4-7-10(20)11(12(14,15)16)13(17,18)19/h2-3,5-6,11H,4,7H2,1H3. The van der Waals surface area contributed by atoms with Gasteiger partial charge >= 0.3 is 12.4 Å². The largest absolute Gasteiger partial charge is 0.497 e. The molecule has 2 nitrogen and oxygen atoms in total.